The number of carbonyl (C=O) groups excluding carboxylic acids is 1. The zero-order valence-corrected chi connectivity index (χ0v) is 10.6. The van der Waals surface area contributed by atoms with E-state index < -0.39 is 5.54 Å². The first kappa shape index (κ1) is 10.8. The van der Waals surface area contributed by atoms with E-state index in [-0.39, 0.29) is 6.03 Å². The second-order valence-electron chi connectivity index (χ2n) is 4.50. The minimum Gasteiger partial charge on any atom is -0.385 e. The average molecular weight is 249 g/mol. The van der Waals surface area contributed by atoms with Gasteiger partial charge in [0.05, 0.1) is 0 Å². The molecule has 1 aromatic rings. The van der Waals surface area contributed by atoms with Gasteiger partial charge in [0.25, 0.3) is 0 Å². The molecule has 2 heterocycles. The number of hydrogen-bond donors (Lipinski definition) is 1. The minimum atomic E-state index is -0.445. The lowest BCUT2D eigenvalue weighted by atomic mass is 9.78. The standard InChI is InChI=1S/C12H15N3OS/c1-2-15-11(16)14-10(13)12(15)6-3-4-9-8(12)5-7-17-9/h5,7H,2-4,6H2,1H3,(H2,13,14,16). The zero-order chi connectivity index (χ0) is 12.0. The first-order chi connectivity index (χ1) is 8.20. The van der Waals surface area contributed by atoms with Crippen LogP contribution in [0.1, 0.15) is 30.2 Å². The van der Waals surface area contributed by atoms with Crippen molar-refractivity contribution >= 4 is 23.2 Å². The monoisotopic (exact) mass is 249 g/mol. The molecule has 17 heavy (non-hydrogen) atoms. The maximum atomic E-state index is 11.9. The van der Waals surface area contributed by atoms with Gasteiger partial charge in [-0.2, -0.15) is 4.99 Å². The molecule has 1 aliphatic heterocycles. The number of aliphatic imine (C=N–C) groups is 1. The van der Waals surface area contributed by atoms with Gasteiger partial charge in [-0.05, 0) is 43.2 Å². The Labute approximate surface area is 104 Å². The summed E-state index contributed by atoms with van der Waals surface area (Å²) < 4.78 is 0. The van der Waals surface area contributed by atoms with Crippen molar-refractivity contribution in [1.82, 2.24) is 4.90 Å². The number of carbonyl (C=O) groups is 1. The number of urea groups is 1. The second-order valence-corrected chi connectivity index (χ2v) is 5.50. The molecule has 0 bridgehead atoms. The number of amidine groups is 1. The first-order valence-corrected chi connectivity index (χ1v) is 6.81. The minimum absolute atomic E-state index is 0.191. The van der Waals surface area contributed by atoms with Gasteiger partial charge < -0.3 is 10.6 Å². The molecule has 1 aromatic heterocycles. The van der Waals surface area contributed by atoms with Gasteiger partial charge in [0, 0.05) is 11.4 Å². The lowest BCUT2D eigenvalue weighted by Gasteiger charge is -2.40. The number of fused-ring (bicyclic) bond motifs is 2. The van der Waals surface area contributed by atoms with Gasteiger partial charge in [-0.3, -0.25) is 0 Å². The number of rotatable bonds is 1. The Morgan fingerprint density at radius 2 is 2.47 bits per heavy atom. The molecule has 90 valence electrons. The molecular formula is C12H15N3OS. The number of hydrogen-bond acceptors (Lipinski definition) is 3. The molecule has 2 amide bonds. The SMILES string of the molecule is CCN1C(=O)N=C(N)C12CCCc1sccc12. The highest BCUT2D eigenvalue weighted by atomic mass is 32.1. The summed E-state index contributed by atoms with van der Waals surface area (Å²) in [6.45, 7) is 2.63. The Morgan fingerprint density at radius 1 is 1.65 bits per heavy atom. The van der Waals surface area contributed by atoms with E-state index in [0.29, 0.717) is 12.4 Å². The van der Waals surface area contributed by atoms with E-state index in [4.69, 9.17) is 5.73 Å². The fourth-order valence-electron chi connectivity index (χ4n) is 3.05. The quantitative estimate of drug-likeness (QED) is 0.828. The Hall–Kier alpha value is -1.36. The highest BCUT2D eigenvalue weighted by Gasteiger charge is 2.51. The van der Waals surface area contributed by atoms with Crippen LogP contribution in [-0.2, 0) is 12.0 Å². The van der Waals surface area contributed by atoms with Crippen molar-refractivity contribution in [2.24, 2.45) is 10.7 Å². The van der Waals surface area contributed by atoms with Crippen molar-refractivity contribution in [1.29, 1.82) is 0 Å². The summed E-state index contributed by atoms with van der Waals surface area (Å²) in [7, 11) is 0. The van der Waals surface area contributed by atoms with Crippen LogP contribution in [-0.4, -0.2) is 23.3 Å². The van der Waals surface area contributed by atoms with Crippen LogP contribution in [0.25, 0.3) is 0 Å². The molecule has 0 fully saturated rings. The van der Waals surface area contributed by atoms with Gasteiger partial charge in [-0.15, -0.1) is 11.3 Å². The van der Waals surface area contributed by atoms with Crippen LogP contribution >= 0.6 is 11.3 Å². The van der Waals surface area contributed by atoms with Crippen LogP contribution in [0.4, 0.5) is 4.79 Å². The Bertz CT molecular complexity index is 508. The van der Waals surface area contributed by atoms with E-state index in [2.05, 4.69) is 16.4 Å². The smallest absolute Gasteiger partial charge is 0.346 e. The third-order valence-electron chi connectivity index (χ3n) is 3.78. The van der Waals surface area contributed by atoms with Crippen LogP contribution in [0, 0.1) is 0 Å². The van der Waals surface area contributed by atoms with Crippen LogP contribution < -0.4 is 5.73 Å². The largest absolute Gasteiger partial charge is 0.385 e. The number of likely N-dealkylation sites (N-methyl/N-ethyl adjacent to an activating group) is 1. The molecule has 5 heteroatoms. The predicted octanol–water partition coefficient (Wildman–Crippen LogP) is 2.09. The molecular weight excluding hydrogens is 234 g/mol. The van der Waals surface area contributed by atoms with E-state index in [1.54, 1.807) is 11.3 Å². The summed E-state index contributed by atoms with van der Waals surface area (Å²) in [4.78, 5) is 19.0. The topological polar surface area (TPSA) is 58.7 Å². The van der Waals surface area contributed by atoms with Crippen molar-refractivity contribution in [3.05, 3.63) is 21.9 Å². The number of amides is 2. The summed E-state index contributed by atoms with van der Waals surface area (Å²) >= 11 is 1.75. The summed E-state index contributed by atoms with van der Waals surface area (Å²) in [5.74, 6) is 0.476. The van der Waals surface area contributed by atoms with E-state index in [0.717, 1.165) is 19.3 Å². The average Bonchev–Trinajstić information content (AvgIpc) is 2.85. The normalized spacial score (nSPS) is 27.5. The number of thiophene rings is 1. The lowest BCUT2D eigenvalue weighted by molar-refractivity contribution is 0.164. The van der Waals surface area contributed by atoms with Crippen LogP contribution in [0.3, 0.4) is 0 Å². The van der Waals surface area contributed by atoms with Crippen LogP contribution in [0.2, 0.25) is 0 Å². The van der Waals surface area contributed by atoms with E-state index in [9.17, 15) is 4.79 Å². The van der Waals surface area contributed by atoms with Gasteiger partial charge >= 0.3 is 6.03 Å². The second kappa shape index (κ2) is 3.57. The molecule has 4 nitrogen and oxygen atoms in total. The molecule has 0 radical (unpaired) electrons. The van der Waals surface area contributed by atoms with Crippen molar-refractivity contribution < 1.29 is 4.79 Å². The third kappa shape index (κ3) is 1.23. The molecule has 1 unspecified atom stereocenters. The maximum absolute atomic E-state index is 11.9. The lowest BCUT2D eigenvalue weighted by Crippen LogP contribution is -2.52. The van der Waals surface area contributed by atoms with E-state index in [1.165, 1.54) is 10.4 Å². The number of aryl methyl sites for hydroxylation is 1. The first-order valence-electron chi connectivity index (χ1n) is 5.93. The molecule has 0 aromatic carbocycles. The molecule has 3 rings (SSSR count). The Morgan fingerprint density at radius 3 is 3.24 bits per heavy atom. The Kier molecular flexibility index (Phi) is 2.26. The van der Waals surface area contributed by atoms with Crippen molar-refractivity contribution in [3.63, 3.8) is 0 Å². The van der Waals surface area contributed by atoms with Gasteiger partial charge in [0.2, 0.25) is 0 Å². The van der Waals surface area contributed by atoms with Gasteiger partial charge in [0.1, 0.15) is 11.4 Å². The molecule has 1 atom stereocenters. The highest BCUT2D eigenvalue weighted by Crippen LogP contribution is 2.45. The molecule has 0 saturated carbocycles. The maximum Gasteiger partial charge on any atom is 0.346 e. The van der Waals surface area contributed by atoms with E-state index >= 15 is 0 Å². The molecule has 0 saturated heterocycles. The van der Waals surface area contributed by atoms with Crippen LogP contribution in [0.15, 0.2) is 16.4 Å². The predicted molar refractivity (Wildman–Crippen MR) is 68.3 cm³/mol. The van der Waals surface area contributed by atoms with Gasteiger partial charge in [-0.1, -0.05) is 0 Å². The fourth-order valence-corrected chi connectivity index (χ4v) is 4.05. The van der Waals surface area contributed by atoms with Gasteiger partial charge in [0.15, 0.2) is 0 Å². The van der Waals surface area contributed by atoms with Crippen molar-refractivity contribution in [3.8, 4) is 0 Å². The highest BCUT2D eigenvalue weighted by molar-refractivity contribution is 7.10. The summed E-state index contributed by atoms with van der Waals surface area (Å²) in [5, 5.41) is 2.08. The summed E-state index contributed by atoms with van der Waals surface area (Å²) in [6, 6.07) is 1.91. The molecule has 1 aliphatic carbocycles. The molecule has 2 aliphatic rings. The van der Waals surface area contributed by atoms with Gasteiger partial charge in [-0.25, -0.2) is 4.79 Å². The van der Waals surface area contributed by atoms with Crippen LogP contribution in [0.5, 0.6) is 0 Å². The Balaban J connectivity index is 2.20. The number of nitrogens with zero attached hydrogens (tertiary/aromatic N) is 2. The summed E-state index contributed by atoms with van der Waals surface area (Å²) in [6.07, 6.45) is 3.05. The fraction of sp³-hybridized carbons (Fsp3) is 0.500. The number of nitrogens with two attached hydrogens (primary N) is 1. The van der Waals surface area contributed by atoms with Crippen molar-refractivity contribution in [2.45, 2.75) is 31.7 Å². The third-order valence-corrected chi connectivity index (χ3v) is 4.76. The van der Waals surface area contributed by atoms with Crippen molar-refractivity contribution in [2.75, 3.05) is 6.54 Å². The molecule has 2 N–H and O–H groups in total. The summed E-state index contributed by atoms with van der Waals surface area (Å²) in [5.41, 5.74) is 6.82. The van der Waals surface area contributed by atoms with E-state index in [1.807, 2.05) is 11.8 Å². The zero-order valence-electron chi connectivity index (χ0n) is 9.77. The molecule has 1 spiro atoms.